The van der Waals surface area contributed by atoms with E-state index in [2.05, 4.69) is 21.2 Å². The number of furan rings is 1. The van der Waals surface area contributed by atoms with E-state index in [0.717, 1.165) is 21.9 Å². The summed E-state index contributed by atoms with van der Waals surface area (Å²) in [5.74, 6) is -1.34. The molecular formula is C23H22N4O4. The molecule has 0 spiro atoms. The number of rotatable bonds is 5. The number of hydrogen-bond acceptors (Lipinski definition) is 4. The highest BCUT2D eigenvalue weighted by molar-refractivity contribution is 6.00. The Hall–Kier alpha value is -4.07. The highest BCUT2D eigenvalue weighted by Gasteiger charge is 2.23. The van der Waals surface area contributed by atoms with Gasteiger partial charge in [0.1, 0.15) is 11.6 Å². The van der Waals surface area contributed by atoms with E-state index in [0.29, 0.717) is 11.1 Å². The minimum Gasteiger partial charge on any atom is -0.451 e. The lowest BCUT2D eigenvalue weighted by Crippen LogP contribution is -2.52. The van der Waals surface area contributed by atoms with Crippen molar-refractivity contribution in [1.29, 1.82) is 0 Å². The van der Waals surface area contributed by atoms with Crippen LogP contribution in [0.3, 0.4) is 0 Å². The maximum atomic E-state index is 12.8. The molecular weight excluding hydrogens is 396 g/mol. The molecule has 4 rings (SSSR count). The molecule has 0 saturated carbocycles. The smallest absolute Gasteiger partial charge is 0.305 e. The van der Waals surface area contributed by atoms with Crippen LogP contribution >= 0.6 is 0 Å². The van der Waals surface area contributed by atoms with E-state index in [1.165, 1.54) is 6.92 Å². The number of H-pyrrole nitrogens is 1. The molecule has 2 aromatic heterocycles. The minimum absolute atomic E-state index is 0.120. The van der Waals surface area contributed by atoms with Crippen molar-refractivity contribution in [3.8, 4) is 0 Å². The average Bonchev–Trinajstić information content (AvgIpc) is 3.32. The summed E-state index contributed by atoms with van der Waals surface area (Å²) in [6.45, 7) is 3.12. The molecule has 3 amide bonds. The van der Waals surface area contributed by atoms with Gasteiger partial charge in [-0.05, 0) is 24.6 Å². The molecule has 158 valence electrons. The number of aromatic nitrogens is 1. The first-order valence-electron chi connectivity index (χ1n) is 9.84. The monoisotopic (exact) mass is 418 g/mol. The molecule has 0 saturated heterocycles. The number of carbonyl (C=O) groups is 3. The molecule has 0 aliphatic carbocycles. The van der Waals surface area contributed by atoms with Crippen molar-refractivity contribution in [1.82, 2.24) is 21.2 Å². The van der Waals surface area contributed by atoms with Crippen LogP contribution in [-0.2, 0) is 16.0 Å². The first kappa shape index (κ1) is 20.2. The second-order valence-corrected chi connectivity index (χ2v) is 7.31. The lowest BCUT2D eigenvalue weighted by molar-refractivity contribution is -0.128. The fraction of sp³-hybridized carbons (Fsp3) is 0.174. The quantitative estimate of drug-likeness (QED) is 0.373. The summed E-state index contributed by atoms with van der Waals surface area (Å²) in [5, 5.41) is 4.43. The number of fused-ring (bicyclic) bond motifs is 2. The molecule has 0 bridgehead atoms. The molecule has 0 aliphatic rings. The Labute approximate surface area is 178 Å². The number of amides is 3. The SMILES string of the molecule is CC(=O)N[C@@H](Cc1c[nH]c2ccccc12)C(=O)NNC(=O)c1oc2ccccc2c1C. The van der Waals surface area contributed by atoms with Crippen LogP contribution < -0.4 is 16.2 Å². The predicted molar refractivity (Wildman–Crippen MR) is 116 cm³/mol. The number of hydrogen-bond donors (Lipinski definition) is 4. The van der Waals surface area contributed by atoms with E-state index in [1.807, 2.05) is 48.7 Å². The maximum absolute atomic E-state index is 12.8. The van der Waals surface area contributed by atoms with E-state index in [-0.39, 0.29) is 18.1 Å². The lowest BCUT2D eigenvalue weighted by Gasteiger charge is -2.17. The second-order valence-electron chi connectivity index (χ2n) is 7.31. The molecule has 4 N–H and O–H groups in total. The molecule has 2 heterocycles. The van der Waals surface area contributed by atoms with Crippen LogP contribution in [0.5, 0.6) is 0 Å². The molecule has 0 fully saturated rings. The minimum atomic E-state index is -0.867. The Morgan fingerprint density at radius 2 is 1.71 bits per heavy atom. The Kier molecular flexibility index (Phi) is 5.44. The third-order valence-corrected chi connectivity index (χ3v) is 5.14. The molecule has 8 heteroatoms. The van der Waals surface area contributed by atoms with Crippen molar-refractivity contribution in [2.45, 2.75) is 26.3 Å². The summed E-state index contributed by atoms with van der Waals surface area (Å²) < 4.78 is 5.61. The predicted octanol–water partition coefficient (Wildman–Crippen LogP) is 2.73. The van der Waals surface area contributed by atoms with Crippen molar-refractivity contribution in [3.05, 3.63) is 71.6 Å². The largest absolute Gasteiger partial charge is 0.451 e. The highest BCUT2D eigenvalue weighted by Crippen LogP contribution is 2.24. The molecule has 2 aromatic carbocycles. The van der Waals surface area contributed by atoms with E-state index in [1.54, 1.807) is 13.0 Å². The van der Waals surface area contributed by atoms with Gasteiger partial charge in [0.15, 0.2) is 5.76 Å². The summed E-state index contributed by atoms with van der Waals surface area (Å²) in [6.07, 6.45) is 2.07. The van der Waals surface area contributed by atoms with Crippen LogP contribution in [0.25, 0.3) is 21.9 Å². The van der Waals surface area contributed by atoms with Crippen molar-refractivity contribution in [2.24, 2.45) is 0 Å². The van der Waals surface area contributed by atoms with E-state index >= 15 is 0 Å². The van der Waals surface area contributed by atoms with Crippen molar-refractivity contribution >= 4 is 39.6 Å². The van der Waals surface area contributed by atoms with Crippen molar-refractivity contribution < 1.29 is 18.8 Å². The average molecular weight is 418 g/mol. The zero-order chi connectivity index (χ0) is 22.0. The fourth-order valence-electron chi connectivity index (χ4n) is 3.63. The van der Waals surface area contributed by atoms with Crippen LogP contribution in [-0.4, -0.2) is 28.7 Å². The van der Waals surface area contributed by atoms with E-state index < -0.39 is 17.9 Å². The Morgan fingerprint density at radius 3 is 2.45 bits per heavy atom. The Morgan fingerprint density at radius 1 is 1.00 bits per heavy atom. The summed E-state index contributed by atoms with van der Waals surface area (Å²) in [7, 11) is 0. The maximum Gasteiger partial charge on any atom is 0.305 e. The first-order valence-corrected chi connectivity index (χ1v) is 9.84. The third kappa shape index (κ3) is 4.13. The first-order chi connectivity index (χ1) is 14.9. The number of aromatic amines is 1. The van der Waals surface area contributed by atoms with Crippen LogP contribution in [0, 0.1) is 6.92 Å². The van der Waals surface area contributed by atoms with Gasteiger partial charge >= 0.3 is 5.91 Å². The van der Waals surface area contributed by atoms with Gasteiger partial charge in [-0.2, -0.15) is 0 Å². The van der Waals surface area contributed by atoms with Crippen LogP contribution in [0.1, 0.15) is 28.6 Å². The van der Waals surface area contributed by atoms with Gasteiger partial charge in [0.2, 0.25) is 5.91 Å². The summed E-state index contributed by atoms with van der Waals surface area (Å²) in [4.78, 5) is 40.1. The number of benzene rings is 2. The topological polar surface area (TPSA) is 116 Å². The Bertz CT molecular complexity index is 1290. The summed E-state index contributed by atoms with van der Waals surface area (Å²) >= 11 is 0. The lowest BCUT2D eigenvalue weighted by atomic mass is 10.0. The van der Waals surface area contributed by atoms with E-state index in [4.69, 9.17) is 4.42 Å². The third-order valence-electron chi connectivity index (χ3n) is 5.14. The molecule has 0 unspecified atom stereocenters. The van der Waals surface area contributed by atoms with Crippen LogP contribution in [0.4, 0.5) is 0 Å². The normalized spacial score (nSPS) is 11.9. The van der Waals surface area contributed by atoms with Gasteiger partial charge in [-0.25, -0.2) is 0 Å². The van der Waals surface area contributed by atoms with Gasteiger partial charge in [0.25, 0.3) is 5.91 Å². The van der Waals surface area contributed by atoms with Crippen molar-refractivity contribution in [2.75, 3.05) is 0 Å². The number of carbonyl (C=O) groups excluding carboxylic acids is 3. The Balaban J connectivity index is 1.47. The molecule has 0 aliphatic heterocycles. The van der Waals surface area contributed by atoms with Gasteiger partial charge in [0.05, 0.1) is 0 Å². The second kappa shape index (κ2) is 8.35. The van der Waals surface area contributed by atoms with Gasteiger partial charge in [-0.15, -0.1) is 0 Å². The zero-order valence-electron chi connectivity index (χ0n) is 17.1. The van der Waals surface area contributed by atoms with Crippen LogP contribution in [0.15, 0.2) is 59.1 Å². The van der Waals surface area contributed by atoms with E-state index in [9.17, 15) is 14.4 Å². The number of aryl methyl sites for hydroxylation is 1. The molecule has 8 nitrogen and oxygen atoms in total. The molecule has 1 atom stereocenters. The van der Waals surface area contributed by atoms with Crippen molar-refractivity contribution in [3.63, 3.8) is 0 Å². The zero-order valence-corrected chi connectivity index (χ0v) is 17.1. The number of nitrogens with one attached hydrogen (secondary N) is 4. The fourth-order valence-corrected chi connectivity index (χ4v) is 3.63. The molecule has 31 heavy (non-hydrogen) atoms. The van der Waals surface area contributed by atoms with Gasteiger partial charge < -0.3 is 14.7 Å². The molecule has 4 aromatic rings. The standard InChI is InChI=1S/C23H22N4O4/c1-13-16-7-4-6-10-20(16)31-21(13)23(30)27-26-22(29)19(25-14(2)28)11-15-12-24-18-9-5-3-8-17(15)18/h3-10,12,19,24H,11H2,1-2H3,(H,25,28)(H,26,29)(H,27,30)/t19-/m0/s1. The van der Waals surface area contributed by atoms with Crippen LogP contribution in [0.2, 0.25) is 0 Å². The number of hydrazine groups is 1. The van der Waals surface area contributed by atoms with Gasteiger partial charge in [-0.3, -0.25) is 25.2 Å². The van der Waals surface area contributed by atoms with Gasteiger partial charge in [-0.1, -0.05) is 36.4 Å². The molecule has 0 radical (unpaired) electrons. The highest BCUT2D eigenvalue weighted by atomic mass is 16.3. The van der Waals surface area contributed by atoms with Gasteiger partial charge in [0, 0.05) is 41.4 Å². The summed E-state index contributed by atoms with van der Waals surface area (Å²) in [6, 6.07) is 14.1. The summed E-state index contributed by atoms with van der Waals surface area (Å²) in [5.41, 5.74) is 7.86. The number of para-hydroxylation sites is 2.